The third-order valence-electron chi connectivity index (χ3n) is 2.04. The zero-order valence-corrected chi connectivity index (χ0v) is 8.63. The summed E-state index contributed by atoms with van der Waals surface area (Å²) in [6, 6.07) is 10.4. The number of aryl methyl sites for hydroxylation is 2. The van der Waals surface area contributed by atoms with Crippen LogP contribution in [0.4, 0.5) is 5.82 Å². The van der Waals surface area contributed by atoms with Crippen LogP contribution < -0.4 is 5.73 Å². The second kappa shape index (κ2) is 4.24. The summed E-state index contributed by atoms with van der Waals surface area (Å²) in [7, 11) is 0. The number of nitrogens with zero attached hydrogens (tertiary/aromatic N) is 1. The minimum atomic E-state index is 0.637. The predicted molar refractivity (Wildman–Crippen MR) is 60.4 cm³/mol. The summed E-state index contributed by atoms with van der Waals surface area (Å²) < 4.78 is 0. The Bertz CT molecular complexity index is 395. The summed E-state index contributed by atoms with van der Waals surface area (Å²) in [6.07, 6.45) is 2.01. The molecule has 0 aliphatic heterocycles. The molecule has 0 saturated heterocycles. The SMILES string of the molecule is Nc1csc(CCc2ccccc2)n1. The van der Waals surface area contributed by atoms with Gasteiger partial charge in [-0.05, 0) is 12.0 Å². The molecule has 1 heterocycles. The van der Waals surface area contributed by atoms with Gasteiger partial charge in [0.1, 0.15) is 5.82 Å². The van der Waals surface area contributed by atoms with Crippen molar-refractivity contribution in [1.29, 1.82) is 0 Å². The minimum absolute atomic E-state index is 0.637. The number of anilines is 1. The van der Waals surface area contributed by atoms with Crippen molar-refractivity contribution in [2.45, 2.75) is 12.8 Å². The van der Waals surface area contributed by atoms with E-state index in [4.69, 9.17) is 5.73 Å². The number of thiazole rings is 1. The van der Waals surface area contributed by atoms with Crippen molar-refractivity contribution < 1.29 is 0 Å². The maximum atomic E-state index is 5.55. The lowest BCUT2D eigenvalue weighted by molar-refractivity contribution is 0.946. The van der Waals surface area contributed by atoms with Crippen LogP contribution in [0.5, 0.6) is 0 Å². The first kappa shape index (κ1) is 9.21. The Labute approximate surface area is 87.4 Å². The number of hydrogen-bond donors (Lipinski definition) is 1. The fourth-order valence-corrected chi connectivity index (χ4v) is 2.02. The number of nitrogen functional groups attached to an aromatic ring is 1. The van der Waals surface area contributed by atoms with Crippen LogP contribution in [0.15, 0.2) is 35.7 Å². The lowest BCUT2D eigenvalue weighted by Crippen LogP contribution is -1.91. The van der Waals surface area contributed by atoms with Gasteiger partial charge < -0.3 is 5.73 Å². The largest absolute Gasteiger partial charge is 0.383 e. The molecule has 2 N–H and O–H groups in total. The number of nitrogens with two attached hydrogens (primary N) is 1. The minimum Gasteiger partial charge on any atom is -0.383 e. The van der Waals surface area contributed by atoms with E-state index in [0.717, 1.165) is 17.8 Å². The maximum Gasteiger partial charge on any atom is 0.134 e. The van der Waals surface area contributed by atoms with Crippen molar-refractivity contribution in [2.24, 2.45) is 0 Å². The van der Waals surface area contributed by atoms with E-state index in [0.29, 0.717) is 5.82 Å². The van der Waals surface area contributed by atoms with E-state index >= 15 is 0 Å². The fraction of sp³-hybridized carbons (Fsp3) is 0.182. The first-order valence-electron chi connectivity index (χ1n) is 4.58. The average Bonchev–Trinajstić information content (AvgIpc) is 2.63. The summed E-state index contributed by atoms with van der Waals surface area (Å²) >= 11 is 1.63. The molecule has 1 aromatic carbocycles. The van der Waals surface area contributed by atoms with Gasteiger partial charge in [0.25, 0.3) is 0 Å². The molecule has 0 unspecified atom stereocenters. The number of hydrogen-bond acceptors (Lipinski definition) is 3. The molecule has 2 aromatic rings. The van der Waals surface area contributed by atoms with Crippen molar-refractivity contribution >= 4 is 17.2 Å². The molecule has 3 heteroatoms. The third kappa shape index (κ3) is 2.33. The van der Waals surface area contributed by atoms with Gasteiger partial charge in [-0.25, -0.2) is 4.98 Å². The van der Waals surface area contributed by atoms with E-state index in [1.807, 2.05) is 11.4 Å². The molecule has 0 bridgehead atoms. The Morgan fingerprint density at radius 1 is 1.14 bits per heavy atom. The van der Waals surface area contributed by atoms with Crippen LogP contribution in [0, 0.1) is 0 Å². The molecule has 0 saturated carbocycles. The monoisotopic (exact) mass is 204 g/mol. The Hall–Kier alpha value is -1.35. The van der Waals surface area contributed by atoms with Crippen LogP contribution in [-0.4, -0.2) is 4.98 Å². The highest BCUT2D eigenvalue weighted by atomic mass is 32.1. The van der Waals surface area contributed by atoms with Crippen molar-refractivity contribution in [3.8, 4) is 0 Å². The first-order chi connectivity index (χ1) is 6.84. The highest BCUT2D eigenvalue weighted by Gasteiger charge is 1.99. The lowest BCUT2D eigenvalue weighted by Gasteiger charge is -1.97. The summed E-state index contributed by atoms with van der Waals surface area (Å²) in [4.78, 5) is 4.22. The van der Waals surface area contributed by atoms with Gasteiger partial charge in [-0.1, -0.05) is 30.3 Å². The van der Waals surface area contributed by atoms with Crippen molar-refractivity contribution in [2.75, 3.05) is 5.73 Å². The maximum absolute atomic E-state index is 5.55. The van der Waals surface area contributed by atoms with Gasteiger partial charge in [0, 0.05) is 11.8 Å². The van der Waals surface area contributed by atoms with Crippen LogP contribution in [0.2, 0.25) is 0 Å². The Morgan fingerprint density at radius 2 is 1.93 bits per heavy atom. The van der Waals surface area contributed by atoms with E-state index in [1.54, 1.807) is 11.3 Å². The van der Waals surface area contributed by atoms with E-state index in [1.165, 1.54) is 5.56 Å². The highest BCUT2D eigenvalue weighted by molar-refractivity contribution is 7.10. The van der Waals surface area contributed by atoms with Gasteiger partial charge in [0.05, 0.1) is 5.01 Å². The summed E-state index contributed by atoms with van der Waals surface area (Å²) in [5.41, 5.74) is 6.90. The van der Waals surface area contributed by atoms with Crippen molar-refractivity contribution in [3.05, 3.63) is 46.3 Å². The van der Waals surface area contributed by atoms with Gasteiger partial charge in [0.15, 0.2) is 0 Å². The van der Waals surface area contributed by atoms with Crippen LogP contribution in [0.3, 0.4) is 0 Å². The number of aromatic nitrogens is 1. The molecular weight excluding hydrogens is 192 g/mol. The van der Waals surface area contributed by atoms with Crippen LogP contribution >= 0.6 is 11.3 Å². The van der Waals surface area contributed by atoms with Gasteiger partial charge in [-0.3, -0.25) is 0 Å². The quantitative estimate of drug-likeness (QED) is 0.834. The molecule has 72 valence electrons. The summed E-state index contributed by atoms with van der Waals surface area (Å²) in [5.74, 6) is 0.637. The lowest BCUT2D eigenvalue weighted by atomic mass is 10.1. The average molecular weight is 204 g/mol. The number of rotatable bonds is 3. The highest BCUT2D eigenvalue weighted by Crippen LogP contribution is 2.13. The topological polar surface area (TPSA) is 38.9 Å². The summed E-state index contributed by atoms with van der Waals surface area (Å²) in [5, 5.41) is 3.01. The molecule has 0 fully saturated rings. The van der Waals surface area contributed by atoms with Crippen molar-refractivity contribution in [1.82, 2.24) is 4.98 Å². The Kier molecular flexibility index (Phi) is 2.79. The molecule has 14 heavy (non-hydrogen) atoms. The van der Waals surface area contributed by atoms with Gasteiger partial charge in [-0.2, -0.15) is 0 Å². The molecule has 0 spiro atoms. The molecule has 0 aliphatic carbocycles. The first-order valence-corrected chi connectivity index (χ1v) is 5.46. The standard InChI is InChI=1S/C11H12N2S/c12-10-8-14-11(13-10)7-6-9-4-2-1-3-5-9/h1-5,8H,6-7,12H2. The van der Waals surface area contributed by atoms with Gasteiger partial charge in [-0.15, -0.1) is 11.3 Å². The van der Waals surface area contributed by atoms with E-state index in [2.05, 4.69) is 29.2 Å². The van der Waals surface area contributed by atoms with Gasteiger partial charge >= 0.3 is 0 Å². The Balaban J connectivity index is 1.95. The Morgan fingerprint density at radius 3 is 2.57 bits per heavy atom. The molecule has 1 aromatic heterocycles. The second-order valence-electron chi connectivity index (χ2n) is 3.15. The molecule has 2 nitrogen and oxygen atoms in total. The molecule has 0 aliphatic rings. The molecule has 0 radical (unpaired) electrons. The molecular formula is C11H12N2S. The summed E-state index contributed by atoms with van der Waals surface area (Å²) in [6.45, 7) is 0. The van der Waals surface area contributed by atoms with E-state index in [9.17, 15) is 0 Å². The fourth-order valence-electron chi connectivity index (χ4n) is 1.34. The zero-order valence-electron chi connectivity index (χ0n) is 7.81. The smallest absolute Gasteiger partial charge is 0.134 e. The number of benzene rings is 1. The third-order valence-corrected chi connectivity index (χ3v) is 2.97. The molecule has 2 rings (SSSR count). The van der Waals surface area contributed by atoms with Crippen molar-refractivity contribution in [3.63, 3.8) is 0 Å². The second-order valence-corrected chi connectivity index (χ2v) is 4.09. The molecule has 0 amide bonds. The van der Waals surface area contributed by atoms with E-state index in [-0.39, 0.29) is 0 Å². The van der Waals surface area contributed by atoms with Crippen LogP contribution in [-0.2, 0) is 12.8 Å². The van der Waals surface area contributed by atoms with E-state index < -0.39 is 0 Å². The normalized spacial score (nSPS) is 10.3. The van der Waals surface area contributed by atoms with Crippen LogP contribution in [0.25, 0.3) is 0 Å². The van der Waals surface area contributed by atoms with Crippen LogP contribution in [0.1, 0.15) is 10.6 Å². The predicted octanol–water partition coefficient (Wildman–Crippen LogP) is 2.51. The van der Waals surface area contributed by atoms with Gasteiger partial charge in [0.2, 0.25) is 0 Å². The molecule has 0 atom stereocenters. The zero-order chi connectivity index (χ0) is 9.80.